The quantitative estimate of drug-likeness (QED) is 0.671. The molecule has 2 unspecified atom stereocenters. The van der Waals surface area contributed by atoms with Crippen molar-refractivity contribution >= 4 is 5.96 Å². The van der Waals surface area contributed by atoms with Crippen molar-refractivity contribution in [3.8, 4) is 0 Å². The molecule has 134 valence electrons. The molecule has 6 nitrogen and oxygen atoms in total. The maximum Gasteiger partial charge on any atom is 0.193 e. The Labute approximate surface area is 145 Å². The molecule has 3 rings (SSSR count). The number of piperidine rings is 1. The Morgan fingerprint density at radius 3 is 2.88 bits per heavy atom. The fourth-order valence-electron chi connectivity index (χ4n) is 3.94. The summed E-state index contributed by atoms with van der Waals surface area (Å²) in [5.41, 5.74) is 1.35. The van der Waals surface area contributed by atoms with Gasteiger partial charge in [-0.25, -0.2) is 0 Å². The minimum Gasteiger partial charge on any atom is -0.357 e. The molecule has 1 N–H and O–H groups in total. The van der Waals surface area contributed by atoms with Crippen LogP contribution in [0.25, 0.3) is 0 Å². The number of aryl methyl sites for hydroxylation is 1. The van der Waals surface area contributed by atoms with Crippen molar-refractivity contribution in [1.29, 1.82) is 0 Å². The van der Waals surface area contributed by atoms with Crippen LogP contribution in [0.3, 0.4) is 0 Å². The Morgan fingerprint density at radius 2 is 2.17 bits per heavy atom. The molecule has 0 aromatic carbocycles. The van der Waals surface area contributed by atoms with Crippen molar-refractivity contribution in [3.05, 3.63) is 18.0 Å². The number of hydrogen-bond donors (Lipinski definition) is 1. The maximum absolute atomic E-state index is 4.97. The average molecular weight is 332 g/mol. The number of likely N-dealkylation sites (tertiary alicyclic amines) is 2. The first-order chi connectivity index (χ1) is 11.7. The van der Waals surface area contributed by atoms with Gasteiger partial charge < -0.3 is 15.1 Å². The van der Waals surface area contributed by atoms with E-state index in [2.05, 4.69) is 40.4 Å². The molecular weight excluding hydrogens is 300 g/mol. The van der Waals surface area contributed by atoms with E-state index in [0.29, 0.717) is 11.8 Å². The third-order valence-electron chi connectivity index (χ3n) is 5.24. The Balaban J connectivity index is 1.59. The van der Waals surface area contributed by atoms with Gasteiger partial charge in [0.2, 0.25) is 0 Å². The molecule has 3 heterocycles. The van der Waals surface area contributed by atoms with E-state index < -0.39 is 0 Å². The zero-order valence-corrected chi connectivity index (χ0v) is 15.4. The Kier molecular flexibility index (Phi) is 5.76. The topological polar surface area (TPSA) is 48.7 Å². The fraction of sp³-hybridized carbons (Fsp3) is 0.778. The van der Waals surface area contributed by atoms with Crippen LogP contribution in [-0.4, -0.2) is 71.9 Å². The second-order valence-electron chi connectivity index (χ2n) is 7.34. The van der Waals surface area contributed by atoms with Gasteiger partial charge in [-0.15, -0.1) is 0 Å². The molecule has 0 spiro atoms. The molecule has 2 aliphatic heterocycles. The van der Waals surface area contributed by atoms with Gasteiger partial charge in [0, 0.05) is 51.9 Å². The van der Waals surface area contributed by atoms with Crippen molar-refractivity contribution < 1.29 is 0 Å². The van der Waals surface area contributed by atoms with E-state index in [1.807, 2.05) is 17.9 Å². The monoisotopic (exact) mass is 332 g/mol. The summed E-state index contributed by atoms with van der Waals surface area (Å²) in [4.78, 5) is 9.83. The molecule has 2 saturated heterocycles. The van der Waals surface area contributed by atoms with E-state index in [-0.39, 0.29) is 0 Å². The number of rotatable bonds is 4. The summed E-state index contributed by atoms with van der Waals surface area (Å²) >= 11 is 0. The van der Waals surface area contributed by atoms with Gasteiger partial charge in [0.15, 0.2) is 5.96 Å². The molecule has 2 atom stereocenters. The van der Waals surface area contributed by atoms with Crippen LogP contribution >= 0.6 is 0 Å². The minimum absolute atomic E-state index is 0.573. The number of aliphatic imine (C=N–C) groups is 1. The SMILES string of the molecule is CCNC(=NCC1CCCN(C)C1)N1CCC(c2cnn(C)c2)C1. The summed E-state index contributed by atoms with van der Waals surface area (Å²) in [7, 11) is 4.21. The van der Waals surface area contributed by atoms with Gasteiger partial charge in [0.25, 0.3) is 0 Å². The highest BCUT2D eigenvalue weighted by molar-refractivity contribution is 5.80. The summed E-state index contributed by atoms with van der Waals surface area (Å²) in [5, 5.41) is 7.81. The average Bonchev–Trinajstić information content (AvgIpc) is 3.20. The third kappa shape index (κ3) is 4.29. The fourth-order valence-corrected chi connectivity index (χ4v) is 3.94. The van der Waals surface area contributed by atoms with E-state index in [9.17, 15) is 0 Å². The highest BCUT2D eigenvalue weighted by atomic mass is 15.3. The van der Waals surface area contributed by atoms with Crippen molar-refractivity contribution in [1.82, 2.24) is 24.9 Å². The number of hydrogen-bond acceptors (Lipinski definition) is 3. The van der Waals surface area contributed by atoms with Gasteiger partial charge in [0.1, 0.15) is 0 Å². The molecule has 0 radical (unpaired) electrons. The molecule has 2 fully saturated rings. The minimum atomic E-state index is 0.573. The zero-order chi connectivity index (χ0) is 16.9. The number of aromatic nitrogens is 2. The summed E-state index contributed by atoms with van der Waals surface area (Å²) in [6, 6.07) is 0. The van der Waals surface area contributed by atoms with E-state index in [0.717, 1.165) is 32.1 Å². The molecule has 24 heavy (non-hydrogen) atoms. The van der Waals surface area contributed by atoms with Crippen molar-refractivity contribution in [3.63, 3.8) is 0 Å². The van der Waals surface area contributed by atoms with Crippen molar-refractivity contribution in [2.24, 2.45) is 18.0 Å². The lowest BCUT2D eigenvalue weighted by Crippen LogP contribution is -2.41. The van der Waals surface area contributed by atoms with Crippen LogP contribution in [0.2, 0.25) is 0 Å². The number of guanidine groups is 1. The molecule has 1 aromatic heterocycles. The first-order valence-electron chi connectivity index (χ1n) is 9.36. The van der Waals surface area contributed by atoms with E-state index >= 15 is 0 Å². The highest BCUT2D eigenvalue weighted by Gasteiger charge is 2.27. The number of nitrogens with one attached hydrogen (secondary N) is 1. The molecule has 6 heteroatoms. The van der Waals surface area contributed by atoms with E-state index in [1.54, 1.807) is 0 Å². The van der Waals surface area contributed by atoms with Crippen LogP contribution in [-0.2, 0) is 7.05 Å². The van der Waals surface area contributed by atoms with E-state index in [4.69, 9.17) is 4.99 Å². The molecular formula is C18H32N6. The van der Waals surface area contributed by atoms with Gasteiger partial charge in [-0.1, -0.05) is 0 Å². The van der Waals surface area contributed by atoms with Crippen LogP contribution in [0.4, 0.5) is 0 Å². The van der Waals surface area contributed by atoms with Gasteiger partial charge >= 0.3 is 0 Å². The Bertz CT molecular complexity index is 551. The van der Waals surface area contributed by atoms with Gasteiger partial charge in [0.05, 0.1) is 6.20 Å². The summed E-state index contributed by atoms with van der Waals surface area (Å²) < 4.78 is 1.90. The predicted molar refractivity (Wildman–Crippen MR) is 98.3 cm³/mol. The van der Waals surface area contributed by atoms with Gasteiger partial charge in [-0.3, -0.25) is 9.67 Å². The van der Waals surface area contributed by atoms with Crippen molar-refractivity contribution in [2.75, 3.05) is 46.3 Å². The second kappa shape index (κ2) is 8.01. The lowest BCUT2D eigenvalue weighted by atomic mass is 9.99. The summed E-state index contributed by atoms with van der Waals surface area (Å²) in [5.74, 6) is 2.37. The summed E-state index contributed by atoms with van der Waals surface area (Å²) in [6.45, 7) is 8.56. The molecule has 0 bridgehead atoms. The molecule has 1 aromatic rings. The van der Waals surface area contributed by atoms with Crippen LogP contribution in [0, 0.1) is 5.92 Å². The smallest absolute Gasteiger partial charge is 0.193 e. The maximum atomic E-state index is 4.97. The van der Waals surface area contributed by atoms with Crippen LogP contribution in [0.5, 0.6) is 0 Å². The van der Waals surface area contributed by atoms with Crippen LogP contribution in [0.15, 0.2) is 17.4 Å². The van der Waals surface area contributed by atoms with Crippen molar-refractivity contribution in [2.45, 2.75) is 32.1 Å². The van der Waals surface area contributed by atoms with Gasteiger partial charge in [-0.2, -0.15) is 5.10 Å². The highest BCUT2D eigenvalue weighted by Crippen LogP contribution is 2.26. The summed E-state index contributed by atoms with van der Waals surface area (Å²) in [6.07, 6.45) is 7.96. The third-order valence-corrected chi connectivity index (χ3v) is 5.24. The lowest BCUT2D eigenvalue weighted by molar-refractivity contribution is 0.214. The molecule has 2 aliphatic rings. The Morgan fingerprint density at radius 1 is 1.29 bits per heavy atom. The standard InChI is InChI=1S/C18H32N6/c1-4-19-18(20-10-15-6-5-8-22(2)12-15)24-9-7-16(14-24)17-11-21-23(3)13-17/h11,13,15-16H,4-10,12,14H2,1-3H3,(H,19,20). The first kappa shape index (κ1) is 17.3. The van der Waals surface area contributed by atoms with Crippen LogP contribution < -0.4 is 5.32 Å². The van der Waals surface area contributed by atoms with Crippen LogP contribution in [0.1, 0.15) is 37.7 Å². The second-order valence-corrected chi connectivity index (χ2v) is 7.34. The van der Waals surface area contributed by atoms with E-state index in [1.165, 1.54) is 37.9 Å². The molecule has 0 saturated carbocycles. The lowest BCUT2D eigenvalue weighted by Gasteiger charge is -2.29. The normalized spacial score (nSPS) is 26.1. The molecule has 0 amide bonds. The first-order valence-corrected chi connectivity index (χ1v) is 9.36. The van der Waals surface area contributed by atoms with Gasteiger partial charge in [-0.05, 0) is 51.3 Å². The largest absolute Gasteiger partial charge is 0.357 e. The number of nitrogens with zero attached hydrogens (tertiary/aromatic N) is 5. The molecule has 0 aliphatic carbocycles. The Hall–Kier alpha value is -1.56. The predicted octanol–water partition coefficient (Wildman–Crippen LogP) is 1.52. The zero-order valence-electron chi connectivity index (χ0n) is 15.4.